The SMILES string of the molecule is CCOCC(=O)[C@@]1(OC(C)=O)CCC2C3CCC4=CC(=O)CCC4=C3C(c3ccc(N(C)C)cc3)C[C@@]21C. The molecule has 5 rings (SSSR count). The number of ketones is 2. The summed E-state index contributed by atoms with van der Waals surface area (Å²) in [6.45, 7) is 5.88. The van der Waals surface area contributed by atoms with Gasteiger partial charge in [0, 0.05) is 51.1 Å². The first-order valence-corrected chi connectivity index (χ1v) is 14.2. The Morgan fingerprint density at radius 1 is 1.08 bits per heavy atom. The highest BCUT2D eigenvalue weighted by atomic mass is 16.6. The van der Waals surface area contributed by atoms with E-state index in [9.17, 15) is 14.4 Å². The zero-order chi connectivity index (χ0) is 27.2. The highest BCUT2D eigenvalue weighted by Crippen LogP contribution is 2.67. The van der Waals surface area contributed by atoms with Crippen LogP contribution >= 0.6 is 0 Å². The molecule has 3 unspecified atom stereocenters. The number of rotatable bonds is 7. The van der Waals surface area contributed by atoms with Crippen molar-refractivity contribution < 1.29 is 23.9 Å². The summed E-state index contributed by atoms with van der Waals surface area (Å²) in [5.41, 5.74) is 4.70. The van der Waals surface area contributed by atoms with Crippen LogP contribution in [0.25, 0.3) is 0 Å². The fourth-order valence-corrected chi connectivity index (χ4v) is 8.19. The minimum absolute atomic E-state index is 0.0398. The van der Waals surface area contributed by atoms with Gasteiger partial charge < -0.3 is 14.4 Å². The second-order valence-corrected chi connectivity index (χ2v) is 12.0. The molecule has 204 valence electrons. The van der Waals surface area contributed by atoms with E-state index in [-0.39, 0.29) is 30.0 Å². The lowest BCUT2D eigenvalue weighted by Gasteiger charge is -2.55. The summed E-state index contributed by atoms with van der Waals surface area (Å²) in [6.07, 6.45) is 7.19. The summed E-state index contributed by atoms with van der Waals surface area (Å²) in [7, 11) is 4.07. The normalized spacial score (nSPS) is 32.2. The number of hydrogen-bond acceptors (Lipinski definition) is 6. The van der Waals surface area contributed by atoms with Crippen molar-refractivity contribution in [3.63, 3.8) is 0 Å². The number of anilines is 1. The number of carbonyl (C=O) groups excluding carboxylic acids is 3. The van der Waals surface area contributed by atoms with E-state index < -0.39 is 17.0 Å². The van der Waals surface area contributed by atoms with Gasteiger partial charge in [-0.15, -0.1) is 0 Å². The van der Waals surface area contributed by atoms with Crippen molar-refractivity contribution in [1.29, 1.82) is 0 Å². The van der Waals surface area contributed by atoms with E-state index >= 15 is 0 Å². The summed E-state index contributed by atoms with van der Waals surface area (Å²) in [5, 5.41) is 0. The van der Waals surface area contributed by atoms with Gasteiger partial charge in [-0.1, -0.05) is 24.6 Å². The van der Waals surface area contributed by atoms with Gasteiger partial charge in [0.05, 0.1) is 0 Å². The minimum atomic E-state index is -1.19. The van der Waals surface area contributed by atoms with Gasteiger partial charge in [-0.3, -0.25) is 14.4 Å². The molecule has 38 heavy (non-hydrogen) atoms. The maximum atomic E-state index is 13.8. The highest BCUT2D eigenvalue weighted by molar-refractivity contribution is 5.93. The van der Waals surface area contributed by atoms with Crippen molar-refractivity contribution in [3.05, 3.63) is 52.6 Å². The molecule has 4 aliphatic carbocycles. The van der Waals surface area contributed by atoms with Crippen LogP contribution in [0.4, 0.5) is 5.69 Å². The Labute approximate surface area is 226 Å². The van der Waals surface area contributed by atoms with Crippen molar-refractivity contribution in [3.8, 4) is 0 Å². The summed E-state index contributed by atoms with van der Waals surface area (Å²) >= 11 is 0. The fraction of sp³-hybridized carbons (Fsp3) is 0.594. The highest BCUT2D eigenvalue weighted by Gasteiger charge is 2.68. The molecule has 0 saturated heterocycles. The number of ether oxygens (including phenoxy) is 2. The zero-order valence-electron chi connectivity index (χ0n) is 23.5. The van der Waals surface area contributed by atoms with Gasteiger partial charge in [0.15, 0.2) is 11.4 Å². The molecule has 1 aromatic rings. The number of benzene rings is 1. The third-order valence-corrected chi connectivity index (χ3v) is 9.87. The summed E-state index contributed by atoms with van der Waals surface area (Å²) in [6, 6.07) is 8.74. The van der Waals surface area contributed by atoms with Gasteiger partial charge in [0.2, 0.25) is 5.78 Å². The minimum Gasteiger partial charge on any atom is -0.451 e. The number of Topliss-reactive ketones (excluding diaryl/α,β-unsaturated/α-hetero) is 1. The lowest BCUT2D eigenvalue weighted by molar-refractivity contribution is -0.185. The molecule has 0 spiro atoms. The maximum Gasteiger partial charge on any atom is 0.303 e. The van der Waals surface area contributed by atoms with Crippen molar-refractivity contribution in [2.45, 2.75) is 77.2 Å². The van der Waals surface area contributed by atoms with E-state index in [1.54, 1.807) is 0 Å². The number of carbonyl (C=O) groups is 3. The second-order valence-electron chi connectivity index (χ2n) is 12.0. The number of esters is 1. The molecule has 6 nitrogen and oxygen atoms in total. The zero-order valence-corrected chi connectivity index (χ0v) is 23.5. The van der Waals surface area contributed by atoms with Gasteiger partial charge in [0.25, 0.3) is 0 Å². The Morgan fingerprint density at radius 2 is 1.82 bits per heavy atom. The summed E-state index contributed by atoms with van der Waals surface area (Å²) < 4.78 is 11.7. The molecule has 4 aliphatic rings. The Bertz CT molecular complexity index is 1190. The molecule has 0 aliphatic heterocycles. The van der Waals surface area contributed by atoms with Crippen LogP contribution in [0.1, 0.15) is 77.2 Å². The van der Waals surface area contributed by atoms with Crippen molar-refractivity contribution in [2.24, 2.45) is 17.3 Å². The molecule has 0 amide bonds. The maximum absolute atomic E-state index is 13.8. The third kappa shape index (κ3) is 4.25. The largest absolute Gasteiger partial charge is 0.451 e. The van der Waals surface area contributed by atoms with E-state index in [0.29, 0.717) is 25.4 Å². The van der Waals surface area contributed by atoms with E-state index in [1.165, 1.54) is 29.2 Å². The topological polar surface area (TPSA) is 72.9 Å². The molecule has 1 aromatic carbocycles. The number of nitrogens with zero attached hydrogens (tertiary/aromatic N) is 1. The van der Waals surface area contributed by atoms with Crippen LogP contribution in [-0.4, -0.2) is 50.4 Å². The first kappa shape index (κ1) is 26.9. The van der Waals surface area contributed by atoms with Gasteiger partial charge in [-0.05, 0) is 92.2 Å². The fourth-order valence-electron chi connectivity index (χ4n) is 8.19. The van der Waals surface area contributed by atoms with E-state index in [2.05, 4.69) is 36.1 Å². The quantitative estimate of drug-likeness (QED) is 0.439. The Balaban J connectivity index is 1.66. The Hall–Kier alpha value is -2.73. The molecule has 6 heteroatoms. The van der Waals surface area contributed by atoms with E-state index in [4.69, 9.17) is 9.47 Å². The molecule has 0 aromatic heterocycles. The van der Waals surface area contributed by atoms with Crippen LogP contribution < -0.4 is 4.90 Å². The Kier molecular flexibility index (Phi) is 7.14. The van der Waals surface area contributed by atoms with Crippen LogP contribution in [0.2, 0.25) is 0 Å². The average molecular weight is 520 g/mol. The number of fused-ring (bicyclic) bond motifs is 4. The van der Waals surface area contributed by atoms with Crippen LogP contribution in [0.5, 0.6) is 0 Å². The molecular weight excluding hydrogens is 478 g/mol. The van der Waals surface area contributed by atoms with E-state index in [0.717, 1.165) is 37.8 Å². The predicted molar refractivity (Wildman–Crippen MR) is 147 cm³/mol. The smallest absolute Gasteiger partial charge is 0.303 e. The molecular formula is C32H41NO5. The van der Waals surface area contributed by atoms with Crippen molar-refractivity contribution in [2.75, 3.05) is 32.2 Å². The number of hydrogen-bond donors (Lipinski definition) is 0. The van der Waals surface area contributed by atoms with Gasteiger partial charge in [-0.25, -0.2) is 0 Å². The standard InChI is InChI=1S/C32H41NO5/c1-6-37-19-29(36)32(38-20(2)34)16-15-28-26-13-9-22-17-24(35)12-14-25(22)30(26)27(18-31(28,32)3)21-7-10-23(11-8-21)33(4)5/h7-8,10-11,17,26-28H,6,9,12-16,18-19H2,1-5H3/t26?,27?,28?,31-,32-/m0/s1. The summed E-state index contributed by atoms with van der Waals surface area (Å²) in [4.78, 5) is 40.7. The lowest BCUT2D eigenvalue weighted by atomic mass is 9.50. The van der Waals surface area contributed by atoms with E-state index in [1.807, 2.05) is 27.1 Å². The molecule has 0 radical (unpaired) electrons. The van der Waals surface area contributed by atoms with Gasteiger partial charge in [0.1, 0.15) is 6.61 Å². The predicted octanol–water partition coefficient (Wildman–Crippen LogP) is 5.56. The average Bonchev–Trinajstić information content (AvgIpc) is 3.18. The van der Waals surface area contributed by atoms with Gasteiger partial charge in [-0.2, -0.15) is 0 Å². The van der Waals surface area contributed by atoms with Crippen molar-refractivity contribution >= 4 is 23.2 Å². The molecule has 0 bridgehead atoms. The number of allylic oxidation sites excluding steroid dienone is 4. The molecule has 5 atom stereocenters. The molecule has 2 fully saturated rings. The van der Waals surface area contributed by atoms with Crippen LogP contribution in [0.15, 0.2) is 47.1 Å². The van der Waals surface area contributed by atoms with Gasteiger partial charge >= 0.3 is 5.97 Å². The molecule has 2 saturated carbocycles. The van der Waals surface area contributed by atoms with Crippen molar-refractivity contribution in [1.82, 2.24) is 0 Å². The first-order valence-electron chi connectivity index (χ1n) is 14.2. The first-order chi connectivity index (χ1) is 18.1. The van der Waals surface area contributed by atoms with Crippen LogP contribution in [0, 0.1) is 17.3 Å². The third-order valence-electron chi connectivity index (χ3n) is 9.87. The lowest BCUT2D eigenvalue weighted by Crippen LogP contribution is -2.58. The van der Waals surface area contributed by atoms with Crippen LogP contribution in [0.3, 0.4) is 0 Å². The molecule has 0 heterocycles. The summed E-state index contributed by atoms with van der Waals surface area (Å²) in [5.74, 6) is 0.324. The monoisotopic (exact) mass is 519 g/mol. The van der Waals surface area contributed by atoms with Crippen LogP contribution in [-0.2, 0) is 23.9 Å². The molecule has 0 N–H and O–H groups in total. The second kappa shape index (κ2) is 10.1. The Morgan fingerprint density at radius 3 is 2.47 bits per heavy atom.